The number of nitrogens with two attached hydrogens (primary N) is 1. The molecule has 0 saturated carbocycles. The number of halogens is 3. The standard InChI is InChI=1S/C9H7F3N4O2/c1-3-2-14-8(18)6-4(9(10,11)12)5(7(13)17)15-16(3)6/h2H,1H3,(H2,13,17)(H,14,18). The Labute approximate surface area is 97.2 Å². The van der Waals surface area contributed by atoms with Gasteiger partial charge in [-0.25, -0.2) is 4.52 Å². The third kappa shape index (κ3) is 1.63. The predicted molar refractivity (Wildman–Crippen MR) is 54.1 cm³/mol. The van der Waals surface area contributed by atoms with Gasteiger partial charge in [0.25, 0.3) is 11.5 Å². The van der Waals surface area contributed by atoms with Crippen LogP contribution in [0.15, 0.2) is 11.0 Å². The molecule has 18 heavy (non-hydrogen) atoms. The van der Waals surface area contributed by atoms with Gasteiger partial charge in [-0.15, -0.1) is 0 Å². The van der Waals surface area contributed by atoms with Crippen LogP contribution in [0, 0.1) is 6.92 Å². The molecule has 2 aromatic heterocycles. The molecule has 3 N–H and O–H groups in total. The molecule has 6 nitrogen and oxygen atoms in total. The Morgan fingerprint density at radius 2 is 2.11 bits per heavy atom. The highest BCUT2D eigenvalue weighted by atomic mass is 19.4. The van der Waals surface area contributed by atoms with Gasteiger partial charge in [0.1, 0.15) is 11.1 Å². The van der Waals surface area contributed by atoms with Gasteiger partial charge in [-0.1, -0.05) is 0 Å². The van der Waals surface area contributed by atoms with Crippen LogP contribution in [0.2, 0.25) is 0 Å². The largest absolute Gasteiger partial charge is 0.421 e. The van der Waals surface area contributed by atoms with Crippen molar-refractivity contribution in [2.24, 2.45) is 5.73 Å². The number of rotatable bonds is 1. The van der Waals surface area contributed by atoms with Gasteiger partial charge in [0.2, 0.25) is 0 Å². The molecule has 0 aliphatic carbocycles. The number of carbonyl (C=O) groups excluding carboxylic acids is 1. The van der Waals surface area contributed by atoms with Gasteiger partial charge in [-0.3, -0.25) is 9.59 Å². The topological polar surface area (TPSA) is 93.2 Å². The maximum Gasteiger partial charge on any atom is 0.421 e. The first-order chi connectivity index (χ1) is 8.23. The molecule has 1 amide bonds. The van der Waals surface area contributed by atoms with Gasteiger partial charge < -0.3 is 10.7 Å². The van der Waals surface area contributed by atoms with E-state index in [0.717, 1.165) is 4.52 Å². The van der Waals surface area contributed by atoms with Crippen LogP contribution in [-0.2, 0) is 6.18 Å². The summed E-state index contributed by atoms with van der Waals surface area (Å²) >= 11 is 0. The SMILES string of the molecule is Cc1c[nH]c(=O)c2c(C(F)(F)F)c(C(N)=O)nn12. The number of fused-ring (bicyclic) bond motifs is 1. The van der Waals surface area contributed by atoms with Crippen LogP contribution >= 0.6 is 0 Å². The van der Waals surface area contributed by atoms with Crippen molar-refractivity contribution in [3.63, 3.8) is 0 Å². The Morgan fingerprint density at radius 3 is 2.61 bits per heavy atom. The van der Waals surface area contributed by atoms with Crippen LogP contribution in [0.3, 0.4) is 0 Å². The van der Waals surface area contributed by atoms with Gasteiger partial charge in [0.15, 0.2) is 5.69 Å². The molecule has 0 aromatic carbocycles. The van der Waals surface area contributed by atoms with Crippen LogP contribution in [0.4, 0.5) is 13.2 Å². The Hall–Kier alpha value is -2.32. The number of H-pyrrole nitrogens is 1. The fourth-order valence-corrected chi connectivity index (χ4v) is 1.62. The summed E-state index contributed by atoms with van der Waals surface area (Å²) in [6, 6.07) is 0. The molecule has 0 aliphatic rings. The zero-order valence-electron chi connectivity index (χ0n) is 9.00. The lowest BCUT2D eigenvalue weighted by Gasteiger charge is -2.05. The van der Waals surface area contributed by atoms with E-state index in [1.54, 1.807) is 0 Å². The van der Waals surface area contributed by atoms with Crippen LogP contribution in [-0.4, -0.2) is 20.5 Å². The summed E-state index contributed by atoms with van der Waals surface area (Å²) in [4.78, 5) is 24.6. The van der Waals surface area contributed by atoms with E-state index in [1.807, 2.05) is 0 Å². The number of amides is 1. The quantitative estimate of drug-likeness (QED) is 0.779. The molecule has 0 atom stereocenters. The van der Waals surface area contributed by atoms with Crippen LogP contribution in [0.25, 0.3) is 5.52 Å². The molecule has 0 saturated heterocycles. The Bertz CT molecular complexity index is 698. The highest BCUT2D eigenvalue weighted by Crippen LogP contribution is 2.34. The second-order valence-corrected chi connectivity index (χ2v) is 3.61. The van der Waals surface area contributed by atoms with Crippen LogP contribution in [0.1, 0.15) is 21.7 Å². The fourth-order valence-electron chi connectivity index (χ4n) is 1.62. The first-order valence-corrected chi connectivity index (χ1v) is 4.71. The smallest absolute Gasteiger partial charge is 0.364 e. The average Bonchev–Trinajstić information content (AvgIpc) is 2.64. The van der Waals surface area contributed by atoms with E-state index < -0.39 is 34.4 Å². The van der Waals surface area contributed by atoms with Gasteiger partial charge in [-0.2, -0.15) is 18.3 Å². The minimum absolute atomic E-state index is 0.239. The predicted octanol–water partition coefficient (Wildman–Crippen LogP) is 0.449. The van der Waals surface area contributed by atoms with Crippen molar-refractivity contribution in [1.82, 2.24) is 14.6 Å². The third-order valence-electron chi connectivity index (χ3n) is 2.36. The van der Waals surface area contributed by atoms with E-state index in [0.29, 0.717) is 0 Å². The van der Waals surface area contributed by atoms with Crippen molar-refractivity contribution in [3.8, 4) is 0 Å². The van der Waals surface area contributed by atoms with Gasteiger partial charge in [0, 0.05) is 6.20 Å². The van der Waals surface area contributed by atoms with E-state index in [2.05, 4.69) is 10.1 Å². The van der Waals surface area contributed by atoms with Crippen molar-refractivity contribution in [3.05, 3.63) is 33.5 Å². The molecule has 0 aliphatic heterocycles. The number of alkyl halides is 3. The first kappa shape index (κ1) is 12.1. The van der Waals surface area contributed by atoms with Crippen molar-refractivity contribution < 1.29 is 18.0 Å². The summed E-state index contributed by atoms with van der Waals surface area (Å²) in [6.07, 6.45) is -3.71. The summed E-state index contributed by atoms with van der Waals surface area (Å²) in [5.41, 5.74) is 0.968. The van der Waals surface area contributed by atoms with Gasteiger partial charge in [0.05, 0.1) is 5.69 Å². The lowest BCUT2D eigenvalue weighted by Crippen LogP contribution is -2.19. The number of aromatic nitrogens is 3. The summed E-state index contributed by atoms with van der Waals surface area (Å²) in [5.74, 6) is -1.34. The molecule has 9 heteroatoms. The monoisotopic (exact) mass is 260 g/mol. The molecular formula is C9H7F3N4O2. The van der Waals surface area contributed by atoms with Gasteiger partial charge >= 0.3 is 6.18 Å². The number of primary amides is 1. The van der Waals surface area contributed by atoms with E-state index in [4.69, 9.17) is 5.73 Å². The fraction of sp³-hybridized carbons (Fsp3) is 0.222. The highest BCUT2D eigenvalue weighted by molar-refractivity contribution is 5.94. The zero-order chi connectivity index (χ0) is 13.7. The molecule has 0 spiro atoms. The van der Waals surface area contributed by atoms with Crippen molar-refractivity contribution in [2.75, 3.05) is 0 Å². The second kappa shape index (κ2) is 3.59. The molecule has 2 rings (SSSR count). The molecule has 0 unspecified atom stereocenters. The lowest BCUT2D eigenvalue weighted by atomic mass is 10.2. The number of hydrogen-bond acceptors (Lipinski definition) is 3. The van der Waals surface area contributed by atoms with Crippen LogP contribution in [0.5, 0.6) is 0 Å². The Balaban J connectivity index is 3.05. The van der Waals surface area contributed by atoms with Crippen molar-refractivity contribution >= 4 is 11.4 Å². The number of nitrogens with zero attached hydrogens (tertiary/aromatic N) is 2. The Morgan fingerprint density at radius 1 is 1.50 bits per heavy atom. The summed E-state index contributed by atoms with van der Waals surface area (Å²) in [5, 5.41) is 3.44. The zero-order valence-corrected chi connectivity index (χ0v) is 9.00. The number of hydrogen-bond donors (Lipinski definition) is 2. The Kier molecular flexibility index (Phi) is 2.42. The minimum atomic E-state index is -4.90. The van der Waals surface area contributed by atoms with Crippen LogP contribution < -0.4 is 11.3 Å². The van der Waals surface area contributed by atoms with E-state index in [9.17, 15) is 22.8 Å². The second-order valence-electron chi connectivity index (χ2n) is 3.61. The number of aryl methyl sites for hydroxylation is 1. The number of nitrogens with one attached hydrogen (secondary N) is 1. The summed E-state index contributed by atoms with van der Waals surface area (Å²) in [6.45, 7) is 1.43. The summed E-state index contributed by atoms with van der Waals surface area (Å²) in [7, 11) is 0. The number of aromatic amines is 1. The van der Waals surface area contributed by atoms with Crippen molar-refractivity contribution in [1.29, 1.82) is 0 Å². The van der Waals surface area contributed by atoms with E-state index in [1.165, 1.54) is 13.1 Å². The molecule has 96 valence electrons. The maximum atomic E-state index is 12.9. The first-order valence-electron chi connectivity index (χ1n) is 4.71. The molecule has 0 bridgehead atoms. The minimum Gasteiger partial charge on any atom is -0.364 e. The lowest BCUT2D eigenvalue weighted by molar-refractivity contribution is -0.136. The molecule has 0 radical (unpaired) electrons. The highest BCUT2D eigenvalue weighted by Gasteiger charge is 2.41. The van der Waals surface area contributed by atoms with E-state index in [-0.39, 0.29) is 5.69 Å². The third-order valence-corrected chi connectivity index (χ3v) is 2.36. The molecular weight excluding hydrogens is 253 g/mol. The normalized spacial score (nSPS) is 12.0. The number of carbonyl (C=O) groups is 1. The molecule has 0 fully saturated rings. The maximum absolute atomic E-state index is 12.9. The summed E-state index contributed by atoms with van der Waals surface area (Å²) < 4.78 is 39.4. The van der Waals surface area contributed by atoms with Crippen molar-refractivity contribution in [2.45, 2.75) is 13.1 Å². The molecule has 2 heterocycles. The van der Waals surface area contributed by atoms with Gasteiger partial charge in [-0.05, 0) is 6.92 Å². The molecule has 2 aromatic rings. The van der Waals surface area contributed by atoms with E-state index >= 15 is 0 Å². The average molecular weight is 260 g/mol.